The Hall–Kier alpha value is -1.81. The van der Waals surface area contributed by atoms with Gasteiger partial charge in [0, 0.05) is 6.54 Å². The number of hydrogen-bond donors (Lipinski definition) is 1. The van der Waals surface area contributed by atoms with Crippen LogP contribution in [0.1, 0.15) is 5.69 Å². The molecule has 0 saturated carbocycles. The summed E-state index contributed by atoms with van der Waals surface area (Å²) in [4.78, 5) is 0. The van der Waals surface area contributed by atoms with E-state index in [-0.39, 0.29) is 0 Å². The van der Waals surface area contributed by atoms with Gasteiger partial charge in [-0.1, -0.05) is 18.2 Å². The van der Waals surface area contributed by atoms with Crippen molar-refractivity contribution in [2.24, 2.45) is 5.73 Å². The molecule has 0 aliphatic carbocycles. The lowest BCUT2D eigenvalue weighted by Gasteiger charge is -2.05. The highest BCUT2D eigenvalue weighted by Crippen LogP contribution is 2.23. The number of para-hydroxylation sites is 1. The van der Waals surface area contributed by atoms with Crippen LogP contribution in [0.5, 0.6) is 11.5 Å². The molecular formula is C12H15N3O. The van der Waals surface area contributed by atoms with Gasteiger partial charge in [-0.2, -0.15) is 5.10 Å². The minimum Gasteiger partial charge on any atom is -0.454 e. The Morgan fingerprint density at radius 3 is 2.75 bits per heavy atom. The van der Waals surface area contributed by atoms with Crippen LogP contribution in [0.25, 0.3) is 0 Å². The maximum atomic E-state index is 5.71. The Morgan fingerprint density at radius 2 is 2.06 bits per heavy atom. The average Bonchev–Trinajstić information content (AvgIpc) is 2.64. The van der Waals surface area contributed by atoms with Crippen molar-refractivity contribution >= 4 is 0 Å². The monoisotopic (exact) mass is 217 g/mol. The Labute approximate surface area is 94.6 Å². The van der Waals surface area contributed by atoms with E-state index in [1.165, 1.54) is 0 Å². The quantitative estimate of drug-likeness (QED) is 0.851. The molecule has 0 bridgehead atoms. The van der Waals surface area contributed by atoms with Crippen molar-refractivity contribution in [1.29, 1.82) is 0 Å². The lowest BCUT2D eigenvalue weighted by molar-refractivity contribution is 0.475. The molecular weight excluding hydrogens is 202 g/mol. The first-order valence-corrected chi connectivity index (χ1v) is 5.26. The van der Waals surface area contributed by atoms with Gasteiger partial charge in [-0.25, -0.2) is 0 Å². The SMILES string of the molecule is Cc1c(Oc2ccccc2)cnn1CCN. The number of benzene rings is 1. The molecule has 2 N–H and O–H groups in total. The number of aromatic nitrogens is 2. The third-order valence-electron chi connectivity index (χ3n) is 2.37. The minimum absolute atomic E-state index is 0.577. The summed E-state index contributed by atoms with van der Waals surface area (Å²) >= 11 is 0. The van der Waals surface area contributed by atoms with Crippen LogP contribution in [0.15, 0.2) is 36.5 Å². The molecule has 1 heterocycles. The number of ether oxygens (including phenoxy) is 1. The van der Waals surface area contributed by atoms with Crippen LogP contribution in [0.4, 0.5) is 0 Å². The predicted molar refractivity (Wildman–Crippen MR) is 62.5 cm³/mol. The van der Waals surface area contributed by atoms with E-state index in [4.69, 9.17) is 10.5 Å². The van der Waals surface area contributed by atoms with Crippen molar-refractivity contribution in [3.05, 3.63) is 42.2 Å². The number of hydrogen-bond acceptors (Lipinski definition) is 3. The van der Waals surface area contributed by atoms with Crippen molar-refractivity contribution < 1.29 is 4.74 Å². The van der Waals surface area contributed by atoms with Gasteiger partial charge in [-0.05, 0) is 19.1 Å². The molecule has 0 fully saturated rings. The molecule has 4 nitrogen and oxygen atoms in total. The van der Waals surface area contributed by atoms with Crippen LogP contribution >= 0.6 is 0 Å². The van der Waals surface area contributed by atoms with Crippen LogP contribution in [0.2, 0.25) is 0 Å². The molecule has 0 aliphatic rings. The predicted octanol–water partition coefficient (Wildman–Crippen LogP) is 1.94. The van der Waals surface area contributed by atoms with E-state index in [0.29, 0.717) is 13.1 Å². The molecule has 1 aromatic carbocycles. The van der Waals surface area contributed by atoms with Gasteiger partial charge in [0.15, 0.2) is 5.75 Å². The second-order valence-corrected chi connectivity index (χ2v) is 3.52. The number of nitrogens with zero attached hydrogens (tertiary/aromatic N) is 2. The smallest absolute Gasteiger partial charge is 0.168 e. The van der Waals surface area contributed by atoms with Crippen LogP contribution < -0.4 is 10.5 Å². The third-order valence-corrected chi connectivity index (χ3v) is 2.37. The molecule has 2 rings (SSSR count). The maximum absolute atomic E-state index is 5.71. The Bertz CT molecular complexity index is 451. The van der Waals surface area contributed by atoms with Crippen LogP contribution in [0, 0.1) is 6.92 Å². The number of nitrogens with two attached hydrogens (primary N) is 1. The normalized spacial score (nSPS) is 10.4. The molecule has 0 radical (unpaired) electrons. The zero-order valence-electron chi connectivity index (χ0n) is 9.26. The molecule has 0 amide bonds. The summed E-state index contributed by atoms with van der Waals surface area (Å²) in [5.74, 6) is 1.59. The maximum Gasteiger partial charge on any atom is 0.168 e. The average molecular weight is 217 g/mol. The second kappa shape index (κ2) is 4.81. The summed E-state index contributed by atoms with van der Waals surface area (Å²) in [7, 11) is 0. The lowest BCUT2D eigenvalue weighted by atomic mass is 10.3. The molecule has 0 saturated heterocycles. The Kier molecular flexibility index (Phi) is 3.22. The van der Waals surface area contributed by atoms with Crippen molar-refractivity contribution in [1.82, 2.24) is 9.78 Å². The fraction of sp³-hybridized carbons (Fsp3) is 0.250. The fourth-order valence-corrected chi connectivity index (χ4v) is 1.49. The van der Waals surface area contributed by atoms with Crippen molar-refractivity contribution in [3.63, 3.8) is 0 Å². The topological polar surface area (TPSA) is 53.1 Å². The first-order chi connectivity index (χ1) is 7.81. The van der Waals surface area contributed by atoms with Gasteiger partial charge >= 0.3 is 0 Å². The molecule has 0 atom stereocenters. The summed E-state index contributed by atoms with van der Waals surface area (Å²) in [6.45, 7) is 3.26. The fourth-order valence-electron chi connectivity index (χ4n) is 1.49. The molecule has 1 aromatic heterocycles. The van der Waals surface area contributed by atoms with E-state index in [1.807, 2.05) is 41.9 Å². The van der Waals surface area contributed by atoms with Gasteiger partial charge in [-0.3, -0.25) is 4.68 Å². The van der Waals surface area contributed by atoms with Crippen molar-refractivity contribution in [2.45, 2.75) is 13.5 Å². The summed E-state index contributed by atoms with van der Waals surface area (Å²) in [6, 6.07) is 9.67. The van der Waals surface area contributed by atoms with Crippen molar-refractivity contribution in [2.75, 3.05) is 6.54 Å². The molecule has 4 heteroatoms. The molecule has 0 spiro atoms. The zero-order valence-corrected chi connectivity index (χ0v) is 9.26. The Balaban J connectivity index is 2.16. The summed E-state index contributed by atoms with van der Waals surface area (Å²) in [5, 5.41) is 4.21. The highest BCUT2D eigenvalue weighted by Gasteiger charge is 2.07. The standard InChI is InChI=1S/C12H15N3O/c1-10-12(9-14-15(10)8-7-13)16-11-5-3-2-4-6-11/h2-6,9H,7-8,13H2,1H3. The molecule has 2 aromatic rings. The van der Waals surface area contributed by atoms with Gasteiger partial charge < -0.3 is 10.5 Å². The summed E-state index contributed by atoms with van der Waals surface area (Å²) < 4.78 is 7.56. The van der Waals surface area contributed by atoms with Crippen LogP contribution in [0.3, 0.4) is 0 Å². The summed E-state index contributed by atoms with van der Waals surface area (Å²) in [5.41, 5.74) is 6.48. The zero-order chi connectivity index (χ0) is 11.4. The first-order valence-electron chi connectivity index (χ1n) is 5.26. The Morgan fingerprint density at radius 1 is 1.31 bits per heavy atom. The van der Waals surface area contributed by atoms with E-state index in [0.717, 1.165) is 17.2 Å². The minimum atomic E-state index is 0.577. The number of rotatable bonds is 4. The third kappa shape index (κ3) is 2.23. The highest BCUT2D eigenvalue weighted by molar-refractivity contribution is 5.31. The molecule has 0 aliphatic heterocycles. The van der Waals surface area contributed by atoms with Crippen LogP contribution in [-0.4, -0.2) is 16.3 Å². The lowest BCUT2D eigenvalue weighted by Crippen LogP contribution is -2.12. The van der Waals surface area contributed by atoms with Gasteiger partial charge in [0.1, 0.15) is 5.75 Å². The first kappa shape index (κ1) is 10.7. The molecule has 0 unspecified atom stereocenters. The summed E-state index contributed by atoms with van der Waals surface area (Å²) in [6.07, 6.45) is 1.72. The highest BCUT2D eigenvalue weighted by atomic mass is 16.5. The van der Waals surface area contributed by atoms with Gasteiger partial charge in [0.25, 0.3) is 0 Å². The largest absolute Gasteiger partial charge is 0.454 e. The molecule has 84 valence electrons. The van der Waals surface area contributed by atoms with E-state index in [2.05, 4.69) is 5.10 Å². The van der Waals surface area contributed by atoms with Crippen molar-refractivity contribution in [3.8, 4) is 11.5 Å². The van der Waals surface area contributed by atoms with Crippen LogP contribution in [-0.2, 0) is 6.54 Å². The van der Waals surface area contributed by atoms with E-state index >= 15 is 0 Å². The van der Waals surface area contributed by atoms with E-state index in [1.54, 1.807) is 6.20 Å². The van der Waals surface area contributed by atoms with Gasteiger partial charge in [0.05, 0.1) is 18.4 Å². The second-order valence-electron chi connectivity index (χ2n) is 3.52. The van der Waals surface area contributed by atoms with Gasteiger partial charge in [0.2, 0.25) is 0 Å². The van der Waals surface area contributed by atoms with E-state index in [9.17, 15) is 0 Å². The molecule has 16 heavy (non-hydrogen) atoms. The van der Waals surface area contributed by atoms with Gasteiger partial charge in [-0.15, -0.1) is 0 Å². The van der Waals surface area contributed by atoms with E-state index < -0.39 is 0 Å².